The predicted octanol–water partition coefficient (Wildman–Crippen LogP) is 4.18. The van der Waals surface area contributed by atoms with Gasteiger partial charge in [-0.25, -0.2) is 0 Å². The van der Waals surface area contributed by atoms with Crippen LogP contribution in [0.5, 0.6) is 0 Å². The molecule has 0 unspecified atom stereocenters. The zero-order valence-corrected chi connectivity index (χ0v) is 13.7. The van der Waals surface area contributed by atoms with Crippen molar-refractivity contribution in [2.75, 3.05) is 5.32 Å². The Bertz CT molecular complexity index is 866. The molecule has 0 saturated heterocycles. The first kappa shape index (κ1) is 15.2. The van der Waals surface area contributed by atoms with Crippen LogP contribution in [0.4, 0.5) is 5.69 Å². The molecule has 2 N–H and O–H groups in total. The van der Waals surface area contributed by atoms with Crippen molar-refractivity contribution in [3.05, 3.63) is 65.4 Å². The molecule has 0 spiro atoms. The van der Waals surface area contributed by atoms with Crippen molar-refractivity contribution >= 4 is 39.9 Å². The normalized spacial score (nSPS) is 10.5. The summed E-state index contributed by atoms with van der Waals surface area (Å²) >= 11 is 5.18. The van der Waals surface area contributed by atoms with E-state index in [0.29, 0.717) is 5.58 Å². The van der Waals surface area contributed by atoms with E-state index in [0.717, 1.165) is 16.6 Å². The zero-order chi connectivity index (χ0) is 16.4. The SMILES string of the molecule is Cc1ccc(NC(=S)NC(=O)c2cc3ccccc3o2)cc1C. The summed E-state index contributed by atoms with van der Waals surface area (Å²) in [7, 11) is 0. The standard InChI is InChI=1S/C18H16N2O2S/c1-11-7-8-14(9-12(11)2)19-18(23)20-17(21)16-10-13-5-3-4-6-15(13)22-16/h3-10H,1-2H3,(H2,19,20,21,23). The Hall–Kier alpha value is -2.66. The maximum atomic E-state index is 12.2. The lowest BCUT2D eigenvalue weighted by molar-refractivity contribution is 0.0953. The average molecular weight is 324 g/mol. The summed E-state index contributed by atoms with van der Waals surface area (Å²) in [4.78, 5) is 12.2. The maximum Gasteiger partial charge on any atom is 0.293 e. The van der Waals surface area contributed by atoms with Crippen molar-refractivity contribution in [2.45, 2.75) is 13.8 Å². The summed E-state index contributed by atoms with van der Waals surface area (Å²) in [6.07, 6.45) is 0. The smallest absolute Gasteiger partial charge is 0.293 e. The minimum absolute atomic E-state index is 0.232. The van der Waals surface area contributed by atoms with E-state index in [1.165, 1.54) is 5.56 Å². The summed E-state index contributed by atoms with van der Waals surface area (Å²) in [5.74, 6) is -0.141. The zero-order valence-electron chi connectivity index (χ0n) is 12.8. The second kappa shape index (κ2) is 6.22. The molecule has 23 heavy (non-hydrogen) atoms. The van der Waals surface area contributed by atoms with Gasteiger partial charge in [-0.3, -0.25) is 10.1 Å². The van der Waals surface area contributed by atoms with Gasteiger partial charge in [0.1, 0.15) is 5.58 Å². The molecule has 1 amide bonds. The van der Waals surface area contributed by atoms with Crippen molar-refractivity contribution in [3.63, 3.8) is 0 Å². The van der Waals surface area contributed by atoms with Crippen LogP contribution in [0.3, 0.4) is 0 Å². The molecule has 1 heterocycles. The van der Waals surface area contributed by atoms with Gasteiger partial charge in [-0.15, -0.1) is 0 Å². The van der Waals surface area contributed by atoms with E-state index in [2.05, 4.69) is 10.6 Å². The number of furan rings is 1. The minimum Gasteiger partial charge on any atom is -0.451 e. The van der Waals surface area contributed by atoms with Crippen molar-refractivity contribution < 1.29 is 9.21 Å². The second-order valence-electron chi connectivity index (χ2n) is 5.36. The third kappa shape index (κ3) is 3.40. The number of carbonyl (C=O) groups excluding carboxylic acids is 1. The quantitative estimate of drug-likeness (QED) is 0.695. The van der Waals surface area contributed by atoms with E-state index in [1.54, 1.807) is 6.07 Å². The van der Waals surface area contributed by atoms with Gasteiger partial charge in [0.25, 0.3) is 5.91 Å². The lowest BCUT2D eigenvalue weighted by Gasteiger charge is -2.10. The monoisotopic (exact) mass is 324 g/mol. The highest BCUT2D eigenvalue weighted by atomic mass is 32.1. The number of fused-ring (bicyclic) bond motifs is 1. The largest absolute Gasteiger partial charge is 0.451 e. The minimum atomic E-state index is -0.373. The Balaban J connectivity index is 1.69. The highest BCUT2D eigenvalue weighted by Gasteiger charge is 2.13. The fourth-order valence-electron chi connectivity index (χ4n) is 2.24. The van der Waals surface area contributed by atoms with Gasteiger partial charge >= 0.3 is 0 Å². The lowest BCUT2D eigenvalue weighted by atomic mass is 10.1. The van der Waals surface area contributed by atoms with Crippen molar-refractivity contribution in [2.24, 2.45) is 0 Å². The van der Waals surface area contributed by atoms with Crippen LogP contribution in [-0.4, -0.2) is 11.0 Å². The highest BCUT2D eigenvalue weighted by Crippen LogP contribution is 2.19. The molecule has 0 aliphatic rings. The van der Waals surface area contributed by atoms with E-state index in [1.807, 2.05) is 56.3 Å². The van der Waals surface area contributed by atoms with Crippen molar-refractivity contribution in [3.8, 4) is 0 Å². The highest BCUT2D eigenvalue weighted by molar-refractivity contribution is 7.80. The van der Waals surface area contributed by atoms with Gasteiger partial charge < -0.3 is 9.73 Å². The molecule has 0 radical (unpaired) electrons. The molecular formula is C18H16N2O2S. The van der Waals surface area contributed by atoms with Crippen molar-refractivity contribution in [1.29, 1.82) is 0 Å². The van der Waals surface area contributed by atoms with Crippen LogP contribution < -0.4 is 10.6 Å². The summed E-state index contributed by atoms with van der Waals surface area (Å²) in [5.41, 5.74) is 3.86. The van der Waals surface area contributed by atoms with Crippen LogP contribution in [-0.2, 0) is 0 Å². The Morgan fingerprint density at radius 1 is 1.04 bits per heavy atom. The van der Waals surface area contributed by atoms with Crippen molar-refractivity contribution in [1.82, 2.24) is 5.32 Å². The molecule has 0 fully saturated rings. The van der Waals surface area contributed by atoms with Gasteiger partial charge in [-0.2, -0.15) is 0 Å². The predicted molar refractivity (Wildman–Crippen MR) is 95.8 cm³/mol. The molecule has 3 aromatic rings. The molecule has 1 aromatic heterocycles. The van der Waals surface area contributed by atoms with E-state index in [4.69, 9.17) is 16.6 Å². The van der Waals surface area contributed by atoms with Gasteiger partial charge in [-0.05, 0) is 61.5 Å². The fourth-order valence-corrected chi connectivity index (χ4v) is 2.45. The number of carbonyl (C=O) groups is 1. The summed E-state index contributed by atoms with van der Waals surface area (Å²) in [6, 6.07) is 15.1. The first-order valence-electron chi connectivity index (χ1n) is 7.21. The Labute approximate surface area is 139 Å². The third-order valence-corrected chi connectivity index (χ3v) is 3.85. The lowest BCUT2D eigenvalue weighted by Crippen LogP contribution is -2.33. The third-order valence-electron chi connectivity index (χ3n) is 3.64. The fraction of sp³-hybridized carbons (Fsp3) is 0.111. The average Bonchev–Trinajstić information content (AvgIpc) is 2.95. The molecule has 116 valence electrons. The number of para-hydroxylation sites is 1. The number of benzene rings is 2. The maximum absolute atomic E-state index is 12.2. The number of nitrogens with one attached hydrogen (secondary N) is 2. The number of thiocarbonyl (C=S) groups is 1. The number of aryl methyl sites for hydroxylation is 2. The van der Waals surface area contributed by atoms with Crippen LogP contribution in [0, 0.1) is 13.8 Å². The molecule has 5 heteroatoms. The van der Waals surface area contributed by atoms with Gasteiger partial charge in [-0.1, -0.05) is 24.3 Å². The van der Waals surface area contributed by atoms with Gasteiger partial charge in [0.05, 0.1) is 0 Å². The van der Waals surface area contributed by atoms with Crippen LogP contribution in [0.25, 0.3) is 11.0 Å². The van der Waals surface area contributed by atoms with Crippen LogP contribution in [0.15, 0.2) is 52.9 Å². The van der Waals surface area contributed by atoms with Gasteiger partial charge in [0.2, 0.25) is 0 Å². The molecule has 3 rings (SSSR count). The molecule has 0 aliphatic heterocycles. The number of rotatable bonds is 2. The summed E-state index contributed by atoms with van der Waals surface area (Å²) in [5, 5.41) is 6.74. The first-order chi connectivity index (χ1) is 11.0. The Morgan fingerprint density at radius 2 is 1.83 bits per heavy atom. The van der Waals surface area contributed by atoms with Gasteiger partial charge in [0, 0.05) is 11.1 Å². The van der Waals surface area contributed by atoms with E-state index in [9.17, 15) is 4.79 Å². The molecule has 0 bridgehead atoms. The number of anilines is 1. The number of hydrogen-bond acceptors (Lipinski definition) is 3. The molecular weight excluding hydrogens is 308 g/mol. The summed E-state index contributed by atoms with van der Waals surface area (Å²) < 4.78 is 5.52. The Morgan fingerprint density at radius 3 is 2.57 bits per heavy atom. The van der Waals surface area contributed by atoms with Crippen LogP contribution >= 0.6 is 12.2 Å². The molecule has 2 aromatic carbocycles. The second-order valence-corrected chi connectivity index (χ2v) is 5.76. The molecule has 0 atom stereocenters. The topological polar surface area (TPSA) is 54.3 Å². The molecule has 0 saturated carbocycles. The van der Waals surface area contributed by atoms with Crippen LogP contribution in [0.2, 0.25) is 0 Å². The molecule has 0 aliphatic carbocycles. The van der Waals surface area contributed by atoms with Crippen LogP contribution in [0.1, 0.15) is 21.7 Å². The Kier molecular flexibility index (Phi) is 4.12. The van der Waals surface area contributed by atoms with E-state index >= 15 is 0 Å². The number of amides is 1. The van der Waals surface area contributed by atoms with E-state index < -0.39 is 0 Å². The van der Waals surface area contributed by atoms with Gasteiger partial charge in [0.15, 0.2) is 10.9 Å². The number of hydrogen-bond donors (Lipinski definition) is 2. The molecule has 4 nitrogen and oxygen atoms in total. The first-order valence-corrected chi connectivity index (χ1v) is 7.62. The summed E-state index contributed by atoms with van der Waals surface area (Å²) in [6.45, 7) is 4.07. The van der Waals surface area contributed by atoms with E-state index in [-0.39, 0.29) is 16.8 Å².